The van der Waals surface area contributed by atoms with Crippen molar-refractivity contribution in [3.8, 4) is 5.75 Å². The van der Waals surface area contributed by atoms with Gasteiger partial charge in [-0.1, -0.05) is 0 Å². The maximum absolute atomic E-state index is 13.3. The Hall–Kier alpha value is -2.31. The predicted molar refractivity (Wildman–Crippen MR) is 59.3 cm³/mol. The van der Waals surface area contributed by atoms with Crippen molar-refractivity contribution in [1.82, 2.24) is 4.98 Å². The number of aromatic nitrogens is 1. The summed E-state index contributed by atoms with van der Waals surface area (Å²) in [4.78, 5) is 3.71. The molecular weight excluding hydrogens is 264 g/mol. The van der Waals surface area contributed by atoms with E-state index in [-0.39, 0.29) is 18.5 Å². The maximum Gasteiger partial charge on any atom is 0.203 e. The number of nitrogens with zero attached hydrogens (tertiary/aromatic N) is 1. The number of benzene rings is 1. The summed E-state index contributed by atoms with van der Waals surface area (Å²) in [5.74, 6) is -7.13. The highest BCUT2D eigenvalue weighted by atomic mass is 19.2. The zero-order chi connectivity index (χ0) is 14.0. The number of hydrogen-bond donors (Lipinski definition) is 1. The van der Waals surface area contributed by atoms with E-state index >= 15 is 0 Å². The van der Waals surface area contributed by atoms with Gasteiger partial charge in [-0.2, -0.15) is 8.78 Å². The lowest BCUT2D eigenvalue weighted by atomic mass is 10.2. The quantitative estimate of drug-likeness (QED) is 0.690. The zero-order valence-electron chi connectivity index (χ0n) is 9.46. The molecular formula is C12H8F4N2O. The number of nitrogens with two attached hydrogens (primary N) is 1. The van der Waals surface area contributed by atoms with Gasteiger partial charge in [-0.15, -0.1) is 0 Å². The maximum atomic E-state index is 13.3. The van der Waals surface area contributed by atoms with Crippen LogP contribution in [0.15, 0.2) is 24.4 Å². The fraction of sp³-hybridized carbons (Fsp3) is 0.0833. The van der Waals surface area contributed by atoms with E-state index in [4.69, 9.17) is 10.5 Å². The van der Waals surface area contributed by atoms with Gasteiger partial charge in [0.15, 0.2) is 17.4 Å². The Morgan fingerprint density at radius 3 is 2.26 bits per heavy atom. The number of hydrogen-bond acceptors (Lipinski definition) is 3. The lowest BCUT2D eigenvalue weighted by Gasteiger charge is -2.09. The second-order valence-electron chi connectivity index (χ2n) is 3.67. The molecule has 2 rings (SSSR count). The van der Waals surface area contributed by atoms with E-state index in [0.29, 0.717) is 5.56 Å². The van der Waals surface area contributed by atoms with Crippen LogP contribution in [0.25, 0.3) is 0 Å². The van der Waals surface area contributed by atoms with E-state index in [9.17, 15) is 17.6 Å². The van der Waals surface area contributed by atoms with Crippen LogP contribution in [0.3, 0.4) is 0 Å². The van der Waals surface area contributed by atoms with Gasteiger partial charge in [0.05, 0.1) is 0 Å². The summed E-state index contributed by atoms with van der Waals surface area (Å²) in [6, 6.07) is 3.01. The Morgan fingerprint density at radius 2 is 1.68 bits per heavy atom. The van der Waals surface area contributed by atoms with Crippen LogP contribution in [-0.2, 0) is 6.61 Å². The van der Waals surface area contributed by atoms with Gasteiger partial charge in [-0.05, 0) is 17.7 Å². The zero-order valence-corrected chi connectivity index (χ0v) is 9.46. The van der Waals surface area contributed by atoms with Gasteiger partial charge in [-0.25, -0.2) is 13.8 Å². The molecule has 0 spiro atoms. The number of ether oxygens (including phenoxy) is 1. The average Bonchev–Trinajstić information content (AvgIpc) is 2.36. The fourth-order valence-electron chi connectivity index (χ4n) is 1.42. The number of anilines is 1. The highest BCUT2D eigenvalue weighted by Crippen LogP contribution is 2.27. The van der Waals surface area contributed by atoms with Gasteiger partial charge in [0, 0.05) is 12.3 Å². The molecule has 0 fully saturated rings. The van der Waals surface area contributed by atoms with Crippen molar-refractivity contribution in [1.29, 1.82) is 0 Å². The molecule has 3 nitrogen and oxygen atoms in total. The number of pyridine rings is 1. The normalized spacial score (nSPS) is 10.5. The number of nitrogen functional groups attached to an aromatic ring is 1. The lowest BCUT2D eigenvalue weighted by molar-refractivity contribution is 0.261. The third-order valence-electron chi connectivity index (χ3n) is 2.30. The summed E-state index contributed by atoms with van der Waals surface area (Å²) >= 11 is 0. The molecule has 0 atom stereocenters. The van der Waals surface area contributed by atoms with E-state index in [0.717, 1.165) is 0 Å². The molecule has 19 heavy (non-hydrogen) atoms. The van der Waals surface area contributed by atoms with E-state index in [1.807, 2.05) is 0 Å². The molecule has 0 aliphatic rings. The standard InChI is InChI=1S/C12H8F4N2O/c13-7-4-8(14)11(16)12(10(7)15)19-5-6-1-2-18-9(17)3-6/h1-4H,5H2,(H2,17,18). The van der Waals surface area contributed by atoms with Crippen LogP contribution in [0.1, 0.15) is 5.56 Å². The van der Waals surface area contributed by atoms with Crippen LogP contribution >= 0.6 is 0 Å². The summed E-state index contributed by atoms with van der Waals surface area (Å²) in [5, 5.41) is 0. The Balaban J connectivity index is 2.25. The SMILES string of the molecule is Nc1cc(COc2c(F)c(F)cc(F)c2F)ccn1. The monoisotopic (exact) mass is 272 g/mol. The van der Waals surface area contributed by atoms with E-state index in [1.54, 1.807) is 0 Å². The van der Waals surface area contributed by atoms with Crippen LogP contribution in [0.4, 0.5) is 23.4 Å². The fourth-order valence-corrected chi connectivity index (χ4v) is 1.42. The van der Waals surface area contributed by atoms with Crippen molar-refractivity contribution in [2.24, 2.45) is 0 Å². The molecule has 0 amide bonds. The molecule has 0 aliphatic carbocycles. The van der Waals surface area contributed by atoms with Gasteiger partial charge in [-0.3, -0.25) is 0 Å². The first-order chi connectivity index (χ1) is 8.99. The van der Waals surface area contributed by atoms with E-state index in [2.05, 4.69) is 4.98 Å². The first kappa shape index (κ1) is 13.1. The van der Waals surface area contributed by atoms with Crippen molar-refractivity contribution in [3.05, 3.63) is 53.2 Å². The molecule has 100 valence electrons. The lowest BCUT2D eigenvalue weighted by Crippen LogP contribution is -2.04. The third-order valence-corrected chi connectivity index (χ3v) is 2.30. The average molecular weight is 272 g/mol. The van der Waals surface area contributed by atoms with Crippen molar-refractivity contribution < 1.29 is 22.3 Å². The summed E-state index contributed by atoms with van der Waals surface area (Å²) in [6.07, 6.45) is 1.37. The second kappa shape index (κ2) is 5.13. The highest BCUT2D eigenvalue weighted by molar-refractivity contribution is 5.33. The first-order valence-electron chi connectivity index (χ1n) is 5.15. The molecule has 0 unspecified atom stereocenters. The van der Waals surface area contributed by atoms with Crippen LogP contribution in [-0.4, -0.2) is 4.98 Å². The Labute approximate surface area is 105 Å². The van der Waals surface area contributed by atoms with Crippen molar-refractivity contribution in [2.45, 2.75) is 6.61 Å². The summed E-state index contributed by atoms with van der Waals surface area (Å²) < 4.78 is 57.2. The first-order valence-corrected chi connectivity index (χ1v) is 5.15. The van der Waals surface area contributed by atoms with Gasteiger partial charge < -0.3 is 10.5 Å². The van der Waals surface area contributed by atoms with Gasteiger partial charge in [0.2, 0.25) is 11.6 Å². The number of halogens is 4. The molecule has 1 heterocycles. The molecule has 0 radical (unpaired) electrons. The van der Waals surface area contributed by atoms with E-state index in [1.165, 1.54) is 18.3 Å². The minimum atomic E-state index is -1.58. The highest BCUT2D eigenvalue weighted by Gasteiger charge is 2.20. The molecule has 0 aliphatic heterocycles. The third kappa shape index (κ3) is 2.75. The molecule has 1 aromatic heterocycles. The second-order valence-corrected chi connectivity index (χ2v) is 3.67. The molecule has 2 aromatic rings. The van der Waals surface area contributed by atoms with Gasteiger partial charge >= 0.3 is 0 Å². The summed E-state index contributed by atoms with van der Waals surface area (Å²) in [5.41, 5.74) is 5.86. The van der Waals surface area contributed by atoms with Crippen LogP contribution in [0, 0.1) is 23.3 Å². The molecule has 0 saturated carbocycles. The van der Waals surface area contributed by atoms with Gasteiger partial charge in [0.1, 0.15) is 12.4 Å². The largest absolute Gasteiger partial charge is 0.483 e. The van der Waals surface area contributed by atoms with Gasteiger partial charge in [0.25, 0.3) is 0 Å². The predicted octanol–water partition coefficient (Wildman–Crippen LogP) is 2.80. The van der Waals surface area contributed by atoms with Crippen molar-refractivity contribution in [3.63, 3.8) is 0 Å². The molecule has 7 heteroatoms. The molecule has 2 N–H and O–H groups in total. The van der Waals surface area contributed by atoms with E-state index < -0.39 is 29.0 Å². The topological polar surface area (TPSA) is 48.1 Å². The summed E-state index contributed by atoms with van der Waals surface area (Å²) in [6.45, 7) is -0.302. The van der Waals surface area contributed by atoms with Crippen LogP contribution in [0.2, 0.25) is 0 Å². The molecule has 1 aromatic carbocycles. The van der Waals surface area contributed by atoms with Crippen LogP contribution < -0.4 is 10.5 Å². The summed E-state index contributed by atoms with van der Waals surface area (Å²) in [7, 11) is 0. The Kier molecular flexibility index (Phi) is 3.55. The molecule has 0 saturated heterocycles. The smallest absolute Gasteiger partial charge is 0.203 e. The molecule has 0 bridgehead atoms. The Morgan fingerprint density at radius 1 is 1.05 bits per heavy atom. The van der Waals surface area contributed by atoms with Crippen molar-refractivity contribution in [2.75, 3.05) is 5.73 Å². The minimum absolute atomic E-state index is 0.113. The number of rotatable bonds is 3. The minimum Gasteiger partial charge on any atom is -0.483 e. The Bertz CT molecular complexity index is 593. The van der Waals surface area contributed by atoms with Crippen LogP contribution in [0.5, 0.6) is 5.75 Å². The van der Waals surface area contributed by atoms with Crippen molar-refractivity contribution >= 4 is 5.82 Å².